The number of nitrogens with one attached hydrogen (secondary N) is 3. The molecule has 0 bridgehead atoms. The van der Waals surface area contributed by atoms with Crippen molar-refractivity contribution >= 4 is 28.9 Å². The molecule has 0 unspecified atom stereocenters. The molecule has 1 amide bonds. The molecule has 0 saturated heterocycles. The smallest absolute Gasteiger partial charge is 0.270 e. The van der Waals surface area contributed by atoms with Crippen molar-refractivity contribution in [2.75, 3.05) is 0 Å². The van der Waals surface area contributed by atoms with E-state index in [0.717, 1.165) is 6.42 Å². The van der Waals surface area contributed by atoms with Crippen LogP contribution in [-0.4, -0.2) is 22.0 Å². The third-order valence-electron chi connectivity index (χ3n) is 4.04. The van der Waals surface area contributed by atoms with Gasteiger partial charge in [-0.05, 0) is 37.0 Å². The van der Waals surface area contributed by atoms with Crippen LogP contribution in [0.15, 0.2) is 24.3 Å². The Bertz CT molecular complexity index is 608. The fourth-order valence-electron chi connectivity index (χ4n) is 2.68. The lowest BCUT2D eigenvalue weighted by atomic mass is 9.86. The number of carbonyl (C=O) groups excluding carboxylic acids is 1. The Morgan fingerprint density at radius 1 is 1.30 bits per heavy atom. The van der Waals surface area contributed by atoms with Crippen LogP contribution in [0.25, 0.3) is 0 Å². The predicted octanol–water partition coefficient (Wildman–Crippen LogP) is 2.28. The number of nitro benzene ring substituents is 1. The summed E-state index contributed by atoms with van der Waals surface area (Å²) in [5, 5.41) is 14.3. The van der Waals surface area contributed by atoms with Gasteiger partial charge in [0.25, 0.3) is 11.6 Å². The SMILES string of the molecule is C[C@@H]1CCCC[C@@H]1NC(=S)NNC(=O)c1cccc([N+](=O)[O-])c1. The first-order chi connectivity index (χ1) is 11.0. The molecule has 7 nitrogen and oxygen atoms in total. The highest BCUT2D eigenvalue weighted by atomic mass is 32.1. The summed E-state index contributed by atoms with van der Waals surface area (Å²) in [7, 11) is 0. The number of hydrazine groups is 1. The summed E-state index contributed by atoms with van der Waals surface area (Å²) < 4.78 is 0. The fourth-order valence-corrected chi connectivity index (χ4v) is 2.88. The van der Waals surface area contributed by atoms with Gasteiger partial charge in [0.15, 0.2) is 5.11 Å². The summed E-state index contributed by atoms with van der Waals surface area (Å²) in [6.45, 7) is 2.18. The van der Waals surface area contributed by atoms with E-state index in [1.54, 1.807) is 0 Å². The van der Waals surface area contributed by atoms with Crippen molar-refractivity contribution in [3.63, 3.8) is 0 Å². The number of thiocarbonyl (C=S) groups is 1. The first-order valence-corrected chi connectivity index (χ1v) is 7.99. The summed E-state index contributed by atoms with van der Waals surface area (Å²) in [6.07, 6.45) is 4.63. The predicted molar refractivity (Wildman–Crippen MR) is 90.9 cm³/mol. The number of non-ortho nitro benzene ring substituents is 1. The van der Waals surface area contributed by atoms with Gasteiger partial charge in [-0.1, -0.05) is 25.8 Å². The molecule has 1 aliphatic rings. The van der Waals surface area contributed by atoms with Gasteiger partial charge < -0.3 is 5.32 Å². The quantitative estimate of drug-likeness (QED) is 0.445. The number of hydrogen-bond acceptors (Lipinski definition) is 4. The van der Waals surface area contributed by atoms with E-state index in [0.29, 0.717) is 17.1 Å². The zero-order chi connectivity index (χ0) is 16.8. The summed E-state index contributed by atoms with van der Waals surface area (Å²) in [5.74, 6) is 0.0607. The normalized spacial score (nSPS) is 20.4. The molecule has 124 valence electrons. The van der Waals surface area contributed by atoms with E-state index in [1.165, 1.54) is 43.5 Å². The molecular formula is C15H20N4O3S. The van der Waals surface area contributed by atoms with Crippen LogP contribution in [0.2, 0.25) is 0 Å². The molecule has 1 aromatic carbocycles. The minimum absolute atomic E-state index is 0.130. The number of nitro groups is 1. The number of rotatable bonds is 3. The van der Waals surface area contributed by atoms with E-state index in [-0.39, 0.29) is 11.3 Å². The fraction of sp³-hybridized carbons (Fsp3) is 0.467. The Hall–Kier alpha value is -2.22. The molecule has 1 saturated carbocycles. The Balaban J connectivity index is 1.85. The third-order valence-corrected chi connectivity index (χ3v) is 4.26. The topological polar surface area (TPSA) is 96.3 Å². The zero-order valence-corrected chi connectivity index (χ0v) is 13.7. The van der Waals surface area contributed by atoms with Gasteiger partial charge in [-0.2, -0.15) is 0 Å². The number of amides is 1. The van der Waals surface area contributed by atoms with E-state index in [1.807, 2.05) is 0 Å². The molecule has 2 atom stereocenters. The Kier molecular flexibility index (Phi) is 5.86. The van der Waals surface area contributed by atoms with Gasteiger partial charge in [0.05, 0.1) is 4.92 Å². The van der Waals surface area contributed by atoms with Crippen molar-refractivity contribution in [3.05, 3.63) is 39.9 Å². The van der Waals surface area contributed by atoms with Gasteiger partial charge in [-0.25, -0.2) is 0 Å². The summed E-state index contributed by atoms with van der Waals surface area (Å²) >= 11 is 5.18. The molecular weight excluding hydrogens is 316 g/mol. The van der Waals surface area contributed by atoms with Crippen molar-refractivity contribution in [2.24, 2.45) is 5.92 Å². The van der Waals surface area contributed by atoms with Gasteiger partial charge in [0, 0.05) is 23.7 Å². The number of carbonyl (C=O) groups is 1. The van der Waals surface area contributed by atoms with Gasteiger partial charge in [-0.3, -0.25) is 25.8 Å². The first kappa shape index (κ1) is 17.1. The Morgan fingerprint density at radius 3 is 2.74 bits per heavy atom. The van der Waals surface area contributed by atoms with E-state index in [9.17, 15) is 14.9 Å². The van der Waals surface area contributed by atoms with Crippen LogP contribution in [0.5, 0.6) is 0 Å². The van der Waals surface area contributed by atoms with Crippen molar-refractivity contribution in [1.82, 2.24) is 16.2 Å². The van der Waals surface area contributed by atoms with Crippen LogP contribution in [0.1, 0.15) is 43.0 Å². The molecule has 1 aliphatic carbocycles. The standard InChI is InChI=1S/C15H20N4O3S/c1-10-5-2-3-8-13(10)16-15(23)18-17-14(20)11-6-4-7-12(9-11)19(21)22/h4,6-7,9-10,13H,2-3,5,8H2,1H3,(H,17,20)(H2,16,18,23)/t10-,13+/m1/s1. The van der Waals surface area contributed by atoms with Crippen LogP contribution in [0.3, 0.4) is 0 Å². The molecule has 8 heteroatoms. The molecule has 0 radical (unpaired) electrons. The molecule has 0 aromatic heterocycles. The molecule has 1 fully saturated rings. The summed E-state index contributed by atoms with van der Waals surface area (Å²) in [6, 6.07) is 5.83. The number of benzene rings is 1. The third kappa shape index (κ3) is 4.88. The Morgan fingerprint density at radius 2 is 2.04 bits per heavy atom. The first-order valence-electron chi connectivity index (χ1n) is 7.58. The lowest BCUT2D eigenvalue weighted by Gasteiger charge is -2.30. The van der Waals surface area contributed by atoms with E-state index >= 15 is 0 Å². The lowest BCUT2D eigenvalue weighted by molar-refractivity contribution is -0.384. The van der Waals surface area contributed by atoms with E-state index < -0.39 is 10.8 Å². The second-order valence-corrected chi connectivity index (χ2v) is 6.14. The number of nitrogens with zero attached hydrogens (tertiary/aromatic N) is 1. The maximum absolute atomic E-state index is 12.0. The molecule has 0 heterocycles. The molecule has 2 rings (SSSR count). The lowest BCUT2D eigenvalue weighted by Crippen LogP contribution is -2.51. The molecule has 0 aliphatic heterocycles. The van der Waals surface area contributed by atoms with Gasteiger partial charge in [0.2, 0.25) is 0 Å². The highest BCUT2D eigenvalue weighted by Gasteiger charge is 2.21. The Labute approximate surface area is 140 Å². The average Bonchev–Trinajstić information content (AvgIpc) is 2.55. The average molecular weight is 336 g/mol. The molecule has 0 spiro atoms. The monoisotopic (exact) mass is 336 g/mol. The van der Waals surface area contributed by atoms with Crippen molar-refractivity contribution in [2.45, 2.75) is 38.6 Å². The largest absolute Gasteiger partial charge is 0.358 e. The van der Waals surface area contributed by atoms with Crippen LogP contribution in [-0.2, 0) is 0 Å². The maximum Gasteiger partial charge on any atom is 0.270 e. The second-order valence-electron chi connectivity index (χ2n) is 5.73. The van der Waals surface area contributed by atoms with Crippen LogP contribution < -0.4 is 16.2 Å². The van der Waals surface area contributed by atoms with Crippen molar-refractivity contribution < 1.29 is 9.72 Å². The molecule has 1 aromatic rings. The highest BCUT2D eigenvalue weighted by molar-refractivity contribution is 7.80. The molecule has 23 heavy (non-hydrogen) atoms. The summed E-state index contributed by atoms with van der Waals surface area (Å²) in [5.41, 5.74) is 5.17. The minimum atomic E-state index is -0.541. The van der Waals surface area contributed by atoms with Gasteiger partial charge >= 0.3 is 0 Å². The van der Waals surface area contributed by atoms with E-state index in [2.05, 4.69) is 23.1 Å². The highest BCUT2D eigenvalue weighted by Crippen LogP contribution is 2.23. The summed E-state index contributed by atoms with van der Waals surface area (Å²) in [4.78, 5) is 22.2. The maximum atomic E-state index is 12.0. The van der Waals surface area contributed by atoms with Crippen molar-refractivity contribution in [1.29, 1.82) is 0 Å². The second kappa shape index (κ2) is 7.87. The van der Waals surface area contributed by atoms with Crippen molar-refractivity contribution in [3.8, 4) is 0 Å². The van der Waals surface area contributed by atoms with Crippen LogP contribution >= 0.6 is 12.2 Å². The van der Waals surface area contributed by atoms with Gasteiger partial charge in [0.1, 0.15) is 0 Å². The molecule has 3 N–H and O–H groups in total. The zero-order valence-electron chi connectivity index (χ0n) is 12.9. The van der Waals surface area contributed by atoms with Crippen LogP contribution in [0.4, 0.5) is 5.69 Å². The van der Waals surface area contributed by atoms with E-state index in [4.69, 9.17) is 12.2 Å². The minimum Gasteiger partial charge on any atom is -0.358 e. The number of hydrogen-bond donors (Lipinski definition) is 3. The van der Waals surface area contributed by atoms with Gasteiger partial charge in [-0.15, -0.1) is 0 Å². The van der Waals surface area contributed by atoms with Crippen LogP contribution in [0, 0.1) is 16.0 Å².